The molecule has 6 heteroatoms. The molecule has 0 spiro atoms. The number of hydrogen-bond acceptors (Lipinski definition) is 3. The Morgan fingerprint density at radius 3 is 2.07 bits per heavy atom. The SMILES string of the molecule is CC[C@H](C)NC(=O)CN(c1cc(C)cc(C)c1)S(=O)(=O)c1ccc(C)cc1. The molecule has 0 bridgehead atoms. The lowest BCUT2D eigenvalue weighted by Gasteiger charge is -2.25. The number of aryl methyl sites for hydroxylation is 3. The van der Waals surface area contributed by atoms with Crippen molar-refractivity contribution >= 4 is 21.6 Å². The van der Waals surface area contributed by atoms with Crippen LogP contribution in [0, 0.1) is 20.8 Å². The summed E-state index contributed by atoms with van der Waals surface area (Å²) in [5, 5.41) is 2.85. The smallest absolute Gasteiger partial charge is 0.264 e. The quantitative estimate of drug-likeness (QED) is 0.786. The summed E-state index contributed by atoms with van der Waals surface area (Å²) < 4.78 is 27.8. The summed E-state index contributed by atoms with van der Waals surface area (Å²) in [4.78, 5) is 12.7. The van der Waals surface area contributed by atoms with Crippen molar-refractivity contribution < 1.29 is 13.2 Å². The lowest BCUT2D eigenvalue weighted by molar-refractivity contribution is -0.120. The molecule has 1 atom stereocenters. The highest BCUT2D eigenvalue weighted by Gasteiger charge is 2.27. The number of anilines is 1. The molecule has 0 saturated heterocycles. The minimum absolute atomic E-state index is 0.0133. The van der Waals surface area contributed by atoms with Crippen molar-refractivity contribution in [3.63, 3.8) is 0 Å². The number of sulfonamides is 1. The van der Waals surface area contributed by atoms with Crippen LogP contribution in [0.4, 0.5) is 5.69 Å². The molecule has 0 aromatic heterocycles. The van der Waals surface area contributed by atoms with Crippen LogP contribution < -0.4 is 9.62 Å². The van der Waals surface area contributed by atoms with Gasteiger partial charge < -0.3 is 5.32 Å². The lowest BCUT2D eigenvalue weighted by atomic mass is 10.1. The number of amides is 1. The molecule has 0 unspecified atom stereocenters. The molecule has 146 valence electrons. The summed E-state index contributed by atoms with van der Waals surface area (Å²) in [6.07, 6.45) is 0.778. The second kappa shape index (κ2) is 8.57. The van der Waals surface area contributed by atoms with Gasteiger partial charge in [-0.25, -0.2) is 8.42 Å². The van der Waals surface area contributed by atoms with Gasteiger partial charge in [-0.2, -0.15) is 0 Å². The molecule has 27 heavy (non-hydrogen) atoms. The van der Waals surface area contributed by atoms with E-state index in [1.807, 2.05) is 40.7 Å². The molecule has 2 aromatic carbocycles. The average molecular weight is 389 g/mol. The number of benzene rings is 2. The first-order valence-electron chi connectivity index (χ1n) is 9.10. The van der Waals surface area contributed by atoms with E-state index in [-0.39, 0.29) is 23.4 Å². The maximum atomic E-state index is 13.3. The molecule has 0 aliphatic heterocycles. The molecule has 0 radical (unpaired) electrons. The second-order valence-electron chi connectivity index (χ2n) is 7.05. The van der Waals surface area contributed by atoms with Crippen molar-refractivity contribution in [1.29, 1.82) is 0 Å². The van der Waals surface area contributed by atoms with E-state index >= 15 is 0 Å². The van der Waals surface area contributed by atoms with Gasteiger partial charge in [-0.1, -0.05) is 30.7 Å². The third-order valence-corrected chi connectivity index (χ3v) is 6.20. The Labute approximate surface area is 162 Å². The molecule has 1 amide bonds. The van der Waals surface area contributed by atoms with E-state index in [2.05, 4.69) is 5.32 Å². The number of nitrogens with one attached hydrogen (secondary N) is 1. The van der Waals surface area contributed by atoms with Crippen LogP contribution in [0.3, 0.4) is 0 Å². The highest BCUT2D eigenvalue weighted by atomic mass is 32.2. The summed E-state index contributed by atoms with van der Waals surface area (Å²) in [5.74, 6) is -0.320. The third-order valence-electron chi connectivity index (χ3n) is 4.41. The fraction of sp³-hybridized carbons (Fsp3) is 0.381. The Morgan fingerprint density at radius 2 is 1.56 bits per heavy atom. The molecular weight excluding hydrogens is 360 g/mol. The molecule has 2 rings (SSSR count). The van der Waals surface area contributed by atoms with Gasteiger partial charge >= 0.3 is 0 Å². The van der Waals surface area contributed by atoms with Gasteiger partial charge in [-0.3, -0.25) is 9.10 Å². The molecule has 0 aliphatic carbocycles. The molecule has 0 saturated carbocycles. The summed E-state index contributed by atoms with van der Waals surface area (Å²) in [6, 6.07) is 12.2. The van der Waals surface area contributed by atoms with E-state index in [0.717, 1.165) is 23.1 Å². The van der Waals surface area contributed by atoms with Crippen LogP contribution in [-0.2, 0) is 14.8 Å². The zero-order chi connectivity index (χ0) is 20.2. The van der Waals surface area contributed by atoms with Crippen LogP contribution in [0.1, 0.15) is 37.0 Å². The Kier molecular flexibility index (Phi) is 6.65. The normalized spacial score (nSPS) is 12.5. The van der Waals surface area contributed by atoms with Crippen molar-refractivity contribution in [3.05, 3.63) is 59.2 Å². The van der Waals surface area contributed by atoms with E-state index in [9.17, 15) is 13.2 Å². The zero-order valence-electron chi connectivity index (χ0n) is 16.6. The molecule has 2 aromatic rings. The van der Waals surface area contributed by atoms with Crippen LogP contribution in [-0.4, -0.2) is 26.9 Å². The summed E-state index contributed by atoms with van der Waals surface area (Å²) >= 11 is 0. The second-order valence-corrected chi connectivity index (χ2v) is 8.91. The monoisotopic (exact) mass is 388 g/mol. The van der Waals surface area contributed by atoms with Gasteiger partial charge in [0.1, 0.15) is 6.54 Å². The van der Waals surface area contributed by atoms with E-state index in [1.165, 1.54) is 4.31 Å². The van der Waals surface area contributed by atoms with E-state index in [0.29, 0.717) is 5.69 Å². The fourth-order valence-electron chi connectivity index (χ4n) is 2.80. The number of nitrogens with zero attached hydrogens (tertiary/aromatic N) is 1. The van der Waals surface area contributed by atoms with Crippen molar-refractivity contribution in [1.82, 2.24) is 5.32 Å². The Hall–Kier alpha value is -2.34. The van der Waals surface area contributed by atoms with Gasteiger partial charge in [0.05, 0.1) is 10.6 Å². The minimum atomic E-state index is -3.87. The fourth-order valence-corrected chi connectivity index (χ4v) is 4.20. The molecule has 0 heterocycles. The van der Waals surface area contributed by atoms with E-state index < -0.39 is 10.0 Å². The Morgan fingerprint density at radius 1 is 1.00 bits per heavy atom. The molecule has 1 N–H and O–H groups in total. The highest BCUT2D eigenvalue weighted by molar-refractivity contribution is 7.92. The number of rotatable bonds is 7. The highest BCUT2D eigenvalue weighted by Crippen LogP contribution is 2.26. The predicted molar refractivity (Wildman–Crippen MR) is 110 cm³/mol. The Bertz CT molecular complexity index is 885. The van der Waals surface area contributed by atoms with Crippen molar-refractivity contribution in [2.45, 2.75) is 52.0 Å². The van der Waals surface area contributed by atoms with Crippen LogP contribution in [0.5, 0.6) is 0 Å². The van der Waals surface area contributed by atoms with Crippen molar-refractivity contribution in [2.24, 2.45) is 0 Å². The topological polar surface area (TPSA) is 66.5 Å². The van der Waals surface area contributed by atoms with Gasteiger partial charge in [-0.05, 0) is 69.5 Å². The van der Waals surface area contributed by atoms with Crippen molar-refractivity contribution in [2.75, 3.05) is 10.8 Å². The maximum Gasteiger partial charge on any atom is 0.264 e. The molecular formula is C21H28N2O3S. The average Bonchev–Trinajstić information content (AvgIpc) is 2.58. The van der Waals surface area contributed by atoms with Gasteiger partial charge in [0.15, 0.2) is 0 Å². The standard InChI is InChI=1S/C21H28N2O3S/c1-6-18(5)22-21(24)14-23(19-12-16(3)11-17(4)13-19)27(25,26)20-9-7-15(2)8-10-20/h7-13,18H,6,14H2,1-5H3,(H,22,24)/t18-/m0/s1. The van der Waals surface area contributed by atoms with Crippen LogP contribution in [0.2, 0.25) is 0 Å². The van der Waals surface area contributed by atoms with Gasteiger partial charge in [0.2, 0.25) is 5.91 Å². The Balaban J connectivity index is 2.48. The number of carbonyl (C=O) groups is 1. The summed E-state index contributed by atoms with van der Waals surface area (Å²) in [5.41, 5.74) is 3.35. The number of carbonyl (C=O) groups excluding carboxylic acids is 1. The van der Waals surface area contributed by atoms with Crippen LogP contribution in [0.25, 0.3) is 0 Å². The largest absolute Gasteiger partial charge is 0.352 e. The molecule has 0 aliphatic rings. The molecule has 5 nitrogen and oxygen atoms in total. The zero-order valence-corrected chi connectivity index (χ0v) is 17.4. The maximum absolute atomic E-state index is 13.3. The minimum Gasteiger partial charge on any atom is -0.352 e. The first-order chi connectivity index (χ1) is 12.6. The molecule has 0 fully saturated rings. The predicted octanol–water partition coefficient (Wildman–Crippen LogP) is 3.72. The van der Waals surface area contributed by atoms with Gasteiger partial charge in [0.25, 0.3) is 10.0 Å². The van der Waals surface area contributed by atoms with Crippen molar-refractivity contribution in [3.8, 4) is 0 Å². The van der Waals surface area contributed by atoms with Gasteiger partial charge in [-0.15, -0.1) is 0 Å². The van der Waals surface area contributed by atoms with E-state index in [4.69, 9.17) is 0 Å². The lowest BCUT2D eigenvalue weighted by Crippen LogP contribution is -2.43. The van der Waals surface area contributed by atoms with Gasteiger partial charge in [0, 0.05) is 6.04 Å². The van der Waals surface area contributed by atoms with Crippen LogP contribution >= 0.6 is 0 Å². The third kappa shape index (κ3) is 5.32. The van der Waals surface area contributed by atoms with Crippen LogP contribution in [0.15, 0.2) is 47.4 Å². The number of hydrogen-bond donors (Lipinski definition) is 1. The summed E-state index contributed by atoms with van der Waals surface area (Å²) in [6.45, 7) is 9.32. The first-order valence-corrected chi connectivity index (χ1v) is 10.5. The summed E-state index contributed by atoms with van der Waals surface area (Å²) in [7, 11) is -3.87. The van der Waals surface area contributed by atoms with E-state index in [1.54, 1.807) is 36.4 Å². The first kappa shape index (κ1) is 21.0.